The van der Waals surface area contributed by atoms with Gasteiger partial charge in [0.25, 0.3) is 0 Å². The summed E-state index contributed by atoms with van der Waals surface area (Å²) in [7, 11) is 0. The van der Waals surface area contributed by atoms with Crippen LogP contribution in [-0.4, -0.2) is 43.1 Å². The van der Waals surface area contributed by atoms with Crippen molar-refractivity contribution in [3.05, 3.63) is 35.6 Å². The third-order valence-electron chi connectivity index (χ3n) is 4.84. The molecule has 23 heavy (non-hydrogen) atoms. The van der Waals surface area contributed by atoms with E-state index in [0.717, 1.165) is 24.8 Å². The van der Waals surface area contributed by atoms with Gasteiger partial charge in [0.05, 0.1) is 6.54 Å². The molecule has 124 valence electrons. The summed E-state index contributed by atoms with van der Waals surface area (Å²) in [5, 5.41) is 2.97. The van der Waals surface area contributed by atoms with Crippen LogP contribution in [0.25, 0.3) is 0 Å². The number of nitrogens with zero attached hydrogens (tertiary/aromatic N) is 1. The van der Waals surface area contributed by atoms with E-state index < -0.39 is 0 Å². The molecule has 2 aliphatic rings. The predicted octanol–water partition coefficient (Wildman–Crippen LogP) is 2.21. The van der Waals surface area contributed by atoms with E-state index in [1.165, 1.54) is 12.1 Å². The number of halogens is 1. The van der Waals surface area contributed by atoms with Gasteiger partial charge in [0.2, 0.25) is 5.91 Å². The van der Waals surface area contributed by atoms with Crippen LogP contribution < -0.4 is 5.32 Å². The van der Waals surface area contributed by atoms with Gasteiger partial charge in [0.1, 0.15) is 12.4 Å². The lowest BCUT2D eigenvalue weighted by Gasteiger charge is -2.42. The zero-order valence-corrected chi connectivity index (χ0v) is 13.0. The van der Waals surface area contributed by atoms with Crippen LogP contribution in [0.5, 0.6) is 0 Å². The molecule has 1 aromatic rings. The van der Waals surface area contributed by atoms with Gasteiger partial charge < -0.3 is 15.0 Å². The number of hydrogen-bond donors (Lipinski definition) is 1. The highest BCUT2D eigenvalue weighted by Crippen LogP contribution is 2.43. The molecule has 0 atom stereocenters. The highest BCUT2D eigenvalue weighted by molar-refractivity contribution is 5.77. The molecular weight excluding hydrogens is 299 g/mol. The first-order valence-electron chi connectivity index (χ1n) is 8.04. The number of ether oxygens (including phenoxy) is 1. The fraction of sp³-hybridized carbons (Fsp3) is 0.529. The number of hydrogen-bond acceptors (Lipinski definition) is 3. The molecule has 1 saturated carbocycles. The molecule has 1 heterocycles. The molecule has 1 aliphatic heterocycles. The summed E-state index contributed by atoms with van der Waals surface area (Å²) in [4.78, 5) is 24.9. The summed E-state index contributed by atoms with van der Waals surface area (Å²) in [5.74, 6) is -0.317. The summed E-state index contributed by atoms with van der Waals surface area (Å²) in [6.07, 6.45) is 3.04. The molecule has 0 spiro atoms. The van der Waals surface area contributed by atoms with Crippen LogP contribution in [0.4, 0.5) is 9.18 Å². The zero-order valence-electron chi connectivity index (χ0n) is 13.0. The van der Waals surface area contributed by atoms with Gasteiger partial charge in [-0.05, 0) is 30.5 Å². The monoisotopic (exact) mass is 320 g/mol. The summed E-state index contributed by atoms with van der Waals surface area (Å²) < 4.78 is 17.9. The molecule has 1 N–H and O–H groups in total. The minimum Gasteiger partial charge on any atom is -0.448 e. The van der Waals surface area contributed by atoms with Crippen LogP contribution in [0.1, 0.15) is 31.2 Å². The fourth-order valence-electron chi connectivity index (χ4n) is 3.20. The highest BCUT2D eigenvalue weighted by Gasteiger charge is 2.38. The second-order valence-electron chi connectivity index (χ2n) is 6.27. The van der Waals surface area contributed by atoms with Crippen molar-refractivity contribution >= 4 is 12.0 Å². The van der Waals surface area contributed by atoms with Gasteiger partial charge in [-0.3, -0.25) is 4.79 Å². The number of carbonyl (C=O) groups excluding carboxylic acids is 2. The Morgan fingerprint density at radius 3 is 2.61 bits per heavy atom. The molecule has 3 rings (SSSR count). The summed E-state index contributed by atoms with van der Waals surface area (Å²) in [5.41, 5.74) is 1.00. The summed E-state index contributed by atoms with van der Waals surface area (Å²) in [6.45, 7) is 1.88. The maximum atomic E-state index is 13.1. The van der Waals surface area contributed by atoms with E-state index in [4.69, 9.17) is 4.74 Å². The molecular formula is C17H21FN2O3. The molecule has 1 aliphatic carbocycles. The zero-order chi connectivity index (χ0) is 16.3. The first kappa shape index (κ1) is 15.8. The Balaban J connectivity index is 1.50. The Hall–Kier alpha value is -2.11. The van der Waals surface area contributed by atoms with E-state index in [1.54, 1.807) is 17.0 Å². The number of carbonyl (C=O) groups is 2. The van der Waals surface area contributed by atoms with E-state index in [2.05, 4.69) is 5.32 Å². The first-order valence-corrected chi connectivity index (χ1v) is 8.04. The fourth-order valence-corrected chi connectivity index (χ4v) is 3.20. The first-order chi connectivity index (χ1) is 11.1. The molecule has 1 saturated heterocycles. The largest absolute Gasteiger partial charge is 0.448 e. The highest BCUT2D eigenvalue weighted by atomic mass is 19.1. The lowest BCUT2D eigenvalue weighted by molar-refractivity contribution is -0.121. The lowest BCUT2D eigenvalue weighted by Crippen LogP contribution is -2.46. The van der Waals surface area contributed by atoms with Gasteiger partial charge in [0, 0.05) is 24.9 Å². The van der Waals surface area contributed by atoms with Crippen molar-refractivity contribution in [3.8, 4) is 0 Å². The smallest absolute Gasteiger partial charge is 0.409 e. The van der Waals surface area contributed by atoms with Gasteiger partial charge in [-0.2, -0.15) is 0 Å². The van der Waals surface area contributed by atoms with Gasteiger partial charge in [-0.15, -0.1) is 0 Å². The Morgan fingerprint density at radius 1 is 1.30 bits per heavy atom. The number of nitrogens with one attached hydrogen (secondary N) is 1. The van der Waals surface area contributed by atoms with Crippen LogP contribution in [0, 0.1) is 5.82 Å². The van der Waals surface area contributed by atoms with Crippen molar-refractivity contribution in [2.24, 2.45) is 0 Å². The number of cyclic esters (lactones) is 1. The number of rotatable bonds is 6. The van der Waals surface area contributed by atoms with Crippen LogP contribution in [0.2, 0.25) is 0 Å². The quantitative estimate of drug-likeness (QED) is 0.874. The number of amides is 2. The molecule has 2 amide bonds. The molecule has 1 aromatic carbocycles. The van der Waals surface area contributed by atoms with Crippen LogP contribution >= 0.6 is 0 Å². The van der Waals surface area contributed by atoms with Gasteiger partial charge in [-0.25, -0.2) is 9.18 Å². The topological polar surface area (TPSA) is 58.6 Å². The van der Waals surface area contributed by atoms with Gasteiger partial charge in [-0.1, -0.05) is 18.6 Å². The maximum Gasteiger partial charge on any atom is 0.409 e. The average Bonchev–Trinajstić information content (AvgIpc) is 2.91. The average molecular weight is 320 g/mol. The van der Waals surface area contributed by atoms with Crippen LogP contribution in [-0.2, 0) is 14.9 Å². The van der Waals surface area contributed by atoms with E-state index in [9.17, 15) is 14.0 Å². The van der Waals surface area contributed by atoms with E-state index >= 15 is 0 Å². The summed E-state index contributed by atoms with van der Waals surface area (Å²) in [6, 6.07) is 6.55. The Morgan fingerprint density at radius 2 is 2.04 bits per heavy atom. The minimum absolute atomic E-state index is 0.0712. The SMILES string of the molecule is O=C(CCN1CCOC1=O)NCC1(c2ccc(F)cc2)CCC1. The molecule has 5 nitrogen and oxygen atoms in total. The third-order valence-corrected chi connectivity index (χ3v) is 4.84. The van der Waals surface area contributed by atoms with Crippen molar-refractivity contribution in [1.29, 1.82) is 0 Å². The summed E-state index contributed by atoms with van der Waals surface area (Å²) >= 11 is 0. The molecule has 0 unspecified atom stereocenters. The van der Waals surface area contributed by atoms with E-state index in [-0.39, 0.29) is 29.7 Å². The Labute approximate surface area is 134 Å². The second-order valence-corrected chi connectivity index (χ2v) is 6.27. The standard InChI is InChI=1S/C17H21FN2O3/c18-14-4-2-13(3-5-14)17(7-1-8-17)12-19-15(21)6-9-20-10-11-23-16(20)22/h2-5H,1,6-12H2,(H,19,21). The van der Waals surface area contributed by atoms with Crippen molar-refractivity contribution < 1.29 is 18.7 Å². The van der Waals surface area contributed by atoms with E-state index in [1.807, 2.05) is 0 Å². The minimum atomic E-state index is -0.348. The molecule has 0 radical (unpaired) electrons. The molecule has 6 heteroatoms. The van der Waals surface area contributed by atoms with Crippen molar-refractivity contribution in [3.63, 3.8) is 0 Å². The van der Waals surface area contributed by atoms with Gasteiger partial charge in [0.15, 0.2) is 0 Å². The molecule has 0 aromatic heterocycles. The molecule has 0 bridgehead atoms. The Kier molecular flexibility index (Phi) is 4.50. The van der Waals surface area contributed by atoms with Crippen molar-refractivity contribution in [1.82, 2.24) is 10.2 Å². The third kappa shape index (κ3) is 3.46. The molecule has 2 fully saturated rings. The van der Waals surface area contributed by atoms with Crippen molar-refractivity contribution in [2.45, 2.75) is 31.1 Å². The normalized spacial score (nSPS) is 19.2. The second kappa shape index (κ2) is 6.56. The predicted molar refractivity (Wildman–Crippen MR) is 82.5 cm³/mol. The Bertz CT molecular complexity index is 584. The van der Waals surface area contributed by atoms with Crippen LogP contribution in [0.15, 0.2) is 24.3 Å². The maximum absolute atomic E-state index is 13.1. The van der Waals surface area contributed by atoms with E-state index in [0.29, 0.717) is 26.2 Å². The number of benzene rings is 1. The lowest BCUT2D eigenvalue weighted by atomic mass is 9.64. The van der Waals surface area contributed by atoms with Crippen LogP contribution in [0.3, 0.4) is 0 Å². The van der Waals surface area contributed by atoms with Crippen molar-refractivity contribution in [2.75, 3.05) is 26.2 Å². The van der Waals surface area contributed by atoms with Gasteiger partial charge >= 0.3 is 6.09 Å².